The van der Waals surface area contributed by atoms with Gasteiger partial charge >= 0.3 is 6.03 Å². The highest BCUT2D eigenvalue weighted by Crippen LogP contribution is 2.23. The SMILES string of the molecule is CCN(CC)C(=O)Nc1ccc(F)cc1Br. The molecule has 88 valence electrons. The Hall–Kier alpha value is -1.10. The number of carbonyl (C=O) groups is 1. The molecule has 0 saturated carbocycles. The number of hydrogen-bond donors (Lipinski definition) is 1. The van der Waals surface area contributed by atoms with Gasteiger partial charge in [0.25, 0.3) is 0 Å². The molecule has 0 aliphatic carbocycles. The van der Waals surface area contributed by atoms with Gasteiger partial charge < -0.3 is 10.2 Å². The number of anilines is 1. The second-order valence-electron chi connectivity index (χ2n) is 3.23. The van der Waals surface area contributed by atoms with Crippen LogP contribution in [-0.2, 0) is 0 Å². The maximum absolute atomic E-state index is 12.8. The molecule has 1 N–H and O–H groups in total. The molecule has 1 aromatic rings. The summed E-state index contributed by atoms with van der Waals surface area (Å²) in [5.41, 5.74) is 0.568. The van der Waals surface area contributed by atoms with Gasteiger partial charge in [0, 0.05) is 17.6 Å². The van der Waals surface area contributed by atoms with Crippen LogP contribution in [0.3, 0.4) is 0 Å². The van der Waals surface area contributed by atoms with Gasteiger partial charge in [-0.15, -0.1) is 0 Å². The first kappa shape index (κ1) is 13.0. The predicted octanol–water partition coefficient (Wildman–Crippen LogP) is 3.46. The lowest BCUT2D eigenvalue weighted by Gasteiger charge is -2.19. The molecule has 0 aromatic heterocycles. The van der Waals surface area contributed by atoms with Crippen LogP contribution in [0.1, 0.15) is 13.8 Å². The number of halogens is 2. The Morgan fingerprint density at radius 1 is 1.44 bits per heavy atom. The topological polar surface area (TPSA) is 32.3 Å². The third-order valence-corrected chi connectivity index (χ3v) is 2.88. The van der Waals surface area contributed by atoms with Crippen LogP contribution in [0, 0.1) is 5.82 Å². The first-order chi connectivity index (χ1) is 7.58. The summed E-state index contributed by atoms with van der Waals surface area (Å²) in [6, 6.07) is 3.97. The van der Waals surface area contributed by atoms with Crippen molar-refractivity contribution in [3.05, 3.63) is 28.5 Å². The molecule has 0 bridgehead atoms. The van der Waals surface area contributed by atoms with Crippen LogP contribution in [0.4, 0.5) is 14.9 Å². The molecule has 0 saturated heterocycles. The van der Waals surface area contributed by atoms with Gasteiger partial charge in [0.2, 0.25) is 0 Å². The van der Waals surface area contributed by atoms with Crippen molar-refractivity contribution in [1.82, 2.24) is 4.90 Å². The summed E-state index contributed by atoms with van der Waals surface area (Å²) < 4.78 is 13.4. The number of benzene rings is 1. The molecule has 16 heavy (non-hydrogen) atoms. The number of nitrogens with one attached hydrogen (secondary N) is 1. The number of nitrogens with zero attached hydrogens (tertiary/aromatic N) is 1. The second-order valence-corrected chi connectivity index (χ2v) is 4.08. The molecular formula is C11H14BrFN2O. The van der Waals surface area contributed by atoms with E-state index in [1.54, 1.807) is 4.90 Å². The van der Waals surface area contributed by atoms with Crippen LogP contribution in [0.25, 0.3) is 0 Å². The van der Waals surface area contributed by atoms with Crippen molar-refractivity contribution in [2.45, 2.75) is 13.8 Å². The van der Waals surface area contributed by atoms with E-state index in [4.69, 9.17) is 0 Å². The Morgan fingerprint density at radius 2 is 2.06 bits per heavy atom. The molecule has 0 spiro atoms. The third kappa shape index (κ3) is 3.20. The summed E-state index contributed by atoms with van der Waals surface area (Å²) >= 11 is 3.20. The number of carbonyl (C=O) groups excluding carboxylic acids is 1. The zero-order valence-corrected chi connectivity index (χ0v) is 10.8. The molecule has 1 aromatic carbocycles. The molecule has 0 aliphatic heterocycles. The highest BCUT2D eigenvalue weighted by Gasteiger charge is 2.11. The summed E-state index contributed by atoms with van der Waals surface area (Å²) in [5.74, 6) is -0.340. The van der Waals surface area contributed by atoms with Crippen LogP contribution in [0.15, 0.2) is 22.7 Å². The largest absolute Gasteiger partial charge is 0.325 e. The van der Waals surface area contributed by atoms with Crippen molar-refractivity contribution in [2.75, 3.05) is 18.4 Å². The van der Waals surface area contributed by atoms with E-state index < -0.39 is 0 Å². The van der Waals surface area contributed by atoms with Gasteiger partial charge in [0.15, 0.2) is 0 Å². The van der Waals surface area contributed by atoms with E-state index in [1.807, 2.05) is 13.8 Å². The van der Waals surface area contributed by atoms with E-state index >= 15 is 0 Å². The average molecular weight is 289 g/mol. The van der Waals surface area contributed by atoms with Crippen molar-refractivity contribution in [1.29, 1.82) is 0 Å². The summed E-state index contributed by atoms with van der Waals surface area (Å²) in [4.78, 5) is 13.4. The summed E-state index contributed by atoms with van der Waals surface area (Å²) in [7, 11) is 0. The van der Waals surface area contributed by atoms with Gasteiger partial charge in [-0.1, -0.05) is 0 Å². The normalized spacial score (nSPS) is 10.0. The molecule has 2 amide bonds. The summed E-state index contributed by atoms with van der Waals surface area (Å²) in [5, 5.41) is 2.71. The van der Waals surface area contributed by atoms with E-state index in [0.29, 0.717) is 23.2 Å². The molecule has 3 nitrogen and oxygen atoms in total. The summed E-state index contributed by atoms with van der Waals surface area (Å²) in [6.07, 6.45) is 0. The molecule has 0 fully saturated rings. The fourth-order valence-corrected chi connectivity index (χ4v) is 1.75. The minimum absolute atomic E-state index is 0.183. The van der Waals surface area contributed by atoms with E-state index in [-0.39, 0.29) is 11.8 Å². The smallest absolute Gasteiger partial charge is 0.321 e. The lowest BCUT2D eigenvalue weighted by Crippen LogP contribution is -2.34. The first-order valence-corrected chi connectivity index (χ1v) is 5.88. The van der Waals surface area contributed by atoms with E-state index in [1.165, 1.54) is 18.2 Å². The molecule has 0 radical (unpaired) electrons. The van der Waals surface area contributed by atoms with Gasteiger partial charge in [0.1, 0.15) is 5.82 Å². The van der Waals surface area contributed by atoms with E-state index in [2.05, 4.69) is 21.2 Å². The van der Waals surface area contributed by atoms with Crippen LogP contribution in [0.2, 0.25) is 0 Å². The number of urea groups is 1. The standard InChI is InChI=1S/C11H14BrFN2O/c1-3-15(4-2)11(16)14-10-6-5-8(13)7-9(10)12/h5-7H,3-4H2,1-2H3,(H,14,16). The van der Waals surface area contributed by atoms with Crippen molar-refractivity contribution in [3.63, 3.8) is 0 Å². The van der Waals surface area contributed by atoms with Gasteiger partial charge in [-0.3, -0.25) is 0 Å². The molecule has 0 aliphatic rings. The number of amides is 2. The average Bonchev–Trinajstić information content (AvgIpc) is 2.24. The Labute approximate surface area is 103 Å². The minimum Gasteiger partial charge on any atom is -0.325 e. The minimum atomic E-state index is -0.340. The Morgan fingerprint density at radius 3 is 2.56 bits per heavy atom. The fourth-order valence-electron chi connectivity index (χ4n) is 1.30. The predicted molar refractivity (Wildman–Crippen MR) is 66.0 cm³/mol. The maximum Gasteiger partial charge on any atom is 0.321 e. The Balaban J connectivity index is 2.76. The van der Waals surface area contributed by atoms with Crippen molar-refractivity contribution < 1.29 is 9.18 Å². The maximum atomic E-state index is 12.8. The van der Waals surface area contributed by atoms with Crippen molar-refractivity contribution in [2.24, 2.45) is 0 Å². The zero-order chi connectivity index (χ0) is 12.1. The zero-order valence-electron chi connectivity index (χ0n) is 9.26. The van der Waals surface area contributed by atoms with Gasteiger partial charge in [-0.05, 0) is 48.0 Å². The Kier molecular flexibility index (Phi) is 4.73. The molecule has 5 heteroatoms. The third-order valence-electron chi connectivity index (χ3n) is 2.22. The fraction of sp³-hybridized carbons (Fsp3) is 0.364. The monoisotopic (exact) mass is 288 g/mol. The van der Waals surface area contributed by atoms with Crippen LogP contribution < -0.4 is 5.32 Å². The van der Waals surface area contributed by atoms with Crippen LogP contribution >= 0.6 is 15.9 Å². The number of hydrogen-bond acceptors (Lipinski definition) is 1. The van der Waals surface area contributed by atoms with E-state index in [9.17, 15) is 9.18 Å². The highest BCUT2D eigenvalue weighted by atomic mass is 79.9. The van der Waals surface area contributed by atoms with Crippen LogP contribution in [0.5, 0.6) is 0 Å². The van der Waals surface area contributed by atoms with Crippen molar-refractivity contribution >= 4 is 27.6 Å². The summed E-state index contributed by atoms with van der Waals surface area (Å²) in [6.45, 7) is 5.09. The quantitative estimate of drug-likeness (QED) is 0.908. The highest BCUT2D eigenvalue weighted by molar-refractivity contribution is 9.10. The van der Waals surface area contributed by atoms with Gasteiger partial charge in [-0.2, -0.15) is 0 Å². The van der Waals surface area contributed by atoms with E-state index in [0.717, 1.165) is 0 Å². The Bertz CT molecular complexity index is 380. The molecular weight excluding hydrogens is 275 g/mol. The first-order valence-electron chi connectivity index (χ1n) is 5.09. The number of rotatable bonds is 3. The van der Waals surface area contributed by atoms with Gasteiger partial charge in [-0.25, -0.2) is 9.18 Å². The molecule has 1 rings (SSSR count). The van der Waals surface area contributed by atoms with Crippen molar-refractivity contribution in [3.8, 4) is 0 Å². The van der Waals surface area contributed by atoms with Gasteiger partial charge in [0.05, 0.1) is 5.69 Å². The lowest BCUT2D eigenvalue weighted by atomic mass is 10.3. The van der Waals surface area contributed by atoms with Crippen LogP contribution in [-0.4, -0.2) is 24.0 Å². The lowest BCUT2D eigenvalue weighted by molar-refractivity contribution is 0.217. The molecule has 0 heterocycles. The molecule has 0 unspecified atom stereocenters. The second kappa shape index (κ2) is 5.84. The molecule has 0 atom stereocenters.